The minimum Gasteiger partial charge on any atom is -0.493 e. The minimum absolute atomic E-state index is 0.00908. The maximum atomic E-state index is 13.6. The van der Waals surface area contributed by atoms with Gasteiger partial charge in [0.25, 0.3) is 0 Å². The Bertz CT molecular complexity index is 1120. The van der Waals surface area contributed by atoms with Crippen molar-refractivity contribution in [3.63, 3.8) is 0 Å². The number of Topliss-reactive ketones (excluding diaryl/α,β-unsaturated/α-hetero) is 1. The van der Waals surface area contributed by atoms with Gasteiger partial charge in [-0.1, -0.05) is 6.07 Å². The van der Waals surface area contributed by atoms with E-state index < -0.39 is 11.9 Å². The molecule has 0 spiro atoms. The Morgan fingerprint density at radius 1 is 1.06 bits per heavy atom. The highest BCUT2D eigenvalue weighted by Gasteiger charge is 2.42. The van der Waals surface area contributed by atoms with Gasteiger partial charge in [0.05, 0.1) is 34.0 Å². The smallest absolute Gasteiger partial charge is 0.336 e. The summed E-state index contributed by atoms with van der Waals surface area (Å²) in [6.45, 7) is 1.83. The summed E-state index contributed by atoms with van der Waals surface area (Å²) in [5.41, 5.74) is 3.19. The summed E-state index contributed by atoms with van der Waals surface area (Å²) in [6.07, 6.45) is 1.07. The zero-order chi connectivity index (χ0) is 23.7. The molecule has 1 aliphatic heterocycles. The Labute approximate surface area is 197 Å². The van der Waals surface area contributed by atoms with E-state index in [2.05, 4.69) is 11.4 Å². The second kappa shape index (κ2) is 9.31. The molecule has 174 valence electrons. The number of carbonyl (C=O) groups is 2. The fraction of sp³-hybridized carbons (Fsp3) is 0.360. The summed E-state index contributed by atoms with van der Waals surface area (Å²) in [5.74, 6) is 0.368. The highest BCUT2D eigenvalue weighted by atomic mass is 32.1. The van der Waals surface area contributed by atoms with Crippen molar-refractivity contribution in [3.8, 4) is 17.2 Å². The van der Waals surface area contributed by atoms with Gasteiger partial charge in [0.2, 0.25) is 5.75 Å². The number of benzene rings is 1. The van der Waals surface area contributed by atoms with Crippen molar-refractivity contribution in [1.82, 2.24) is 5.32 Å². The molecule has 2 aliphatic rings. The van der Waals surface area contributed by atoms with Crippen LogP contribution in [0.15, 0.2) is 52.2 Å². The number of thiophene rings is 1. The molecule has 0 saturated heterocycles. The lowest BCUT2D eigenvalue weighted by molar-refractivity contribution is -0.136. The minimum atomic E-state index is -0.612. The quantitative estimate of drug-likeness (QED) is 0.631. The molecule has 0 radical (unpaired) electrons. The van der Waals surface area contributed by atoms with E-state index in [0.717, 1.165) is 5.70 Å². The Morgan fingerprint density at radius 3 is 2.30 bits per heavy atom. The number of hydrogen-bond acceptors (Lipinski definition) is 8. The lowest BCUT2D eigenvalue weighted by Crippen LogP contribution is -2.35. The molecule has 7 nitrogen and oxygen atoms in total. The zero-order valence-corrected chi connectivity index (χ0v) is 20.1. The molecular weight excluding hydrogens is 442 g/mol. The van der Waals surface area contributed by atoms with E-state index in [-0.39, 0.29) is 11.7 Å². The van der Waals surface area contributed by atoms with Crippen LogP contribution in [0.2, 0.25) is 0 Å². The van der Waals surface area contributed by atoms with E-state index in [9.17, 15) is 9.59 Å². The van der Waals surface area contributed by atoms with Crippen LogP contribution in [0.4, 0.5) is 0 Å². The van der Waals surface area contributed by atoms with Crippen LogP contribution in [0.5, 0.6) is 17.2 Å². The molecule has 1 aliphatic carbocycles. The van der Waals surface area contributed by atoms with Gasteiger partial charge < -0.3 is 24.3 Å². The van der Waals surface area contributed by atoms with Gasteiger partial charge in [-0.15, -0.1) is 11.3 Å². The first-order valence-electron chi connectivity index (χ1n) is 10.6. The van der Waals surface area contributed by atoms with E-state index in [0.29, 0.717) is 52.5 Å². The van der Waals surface area contributed by atoms with E-state index in [1.165, 1.54) is 33.3 Å². The number of ether oxygens (including phenoxy) is 4. The number of esters is 1. The number of dihydropyridines is 1. The third kappa shape index (κ3) is 3.99. The predicted octanol–water partition coefficient (Wildman–Crippen LogP) is 4.31. The number of allylic oxidation sites excluding steroid dienone is 3. The van der Waals surface area contributed by atoms with Crippen LogP contribution < -0.4 is 19.5 Å². The van der Waals surface area contributed by atoms with Crippen molar-refractivity contribution in [3.05, 3.63) is 62.6 Å². The van der Waals surface area contributed by atoms with Crippen LogP contribution in [-0.2, 0) is 14.3 Å². The summed E-state index contributed by atoms with van der Waals surface area (Å²) in [4.78, 5) is 27.6. The second-order valence-corrected chi connectivity index (χ2v) is 8.96. The molecule has 2 unspecified atom stereocenters. The molecule has 1 aromatic carbocycles. The van der Waals surface area contributed by atoms with Crippen molar-refractivity contribution in [2.24, 2.45) is 0 Å². The number of nitrogens with one attached hydrogen (secondary N) is 1. The third-order valence-electron chi connectivity index (χ3n) is 6.20. The zero-order valence-electron chi connectivity index (χ0n) is 19.3. The van der Waals surface area contributed by atoms with E-state index in [4.69, 9.17) is 18.9 Å². The average molecular weight is 470 g/mol. The van der Waals surface area contributed by atoms with Gasteiger partial charge in [0, 0.05) is 40.1 Å². The Kier molecular flexibility index (Phi) is 6.47. The number of ketones is 1. The average Bonchev–Trinajstić information content (AvgIpc) is 3.36. The molecule has 2 heterocycles. The van der Waals surface area contributed by atoms with E-state index in [1.54, 1.807) is 23.5 Å². The number of carbonyl (C=O) groups excluding carboxylic acids is 2. The maximum absolute atomic E-state index is 13.6. The normalized spacial score (nSPS) is 20.2. The van der Waals surface area contributed by atoms with Crippen molar-refractivity contribution >= 4 is 23.1 Å². The van der Waals surface area contributed by atoms with Crippen molar-refractivity contribution in [1.29, 1.82) is 0 Å². The predicted molar refractivity (Wildman–Crippen MR) is 125 cm³/mol. The van der Waals surface area contributed by atoms with Crippen molar-refractivity contribution in [2.45, 2.75) is 31.6 Å². The van der Waals surface area contributed by atoms with Gasteiger partial charge in [-0.2, -0.15) is 0 Å². The Balaban J connectivity index is 1.89. The first-order valence-corrected chi connectivity index (χ1v) is 11.5. The number of hydrogen-bond donors (Lipinski definition) is 1. The molecule has 8 heteroatoms. The third-order valence-corrected chi connectivity index (χ3v) is 7.23. The van der Waals surface area contributed by atoms with Crippen LogP contribution in [0, 0.1) is 0 Å². The molecule has 0 bridgehead atoms. The molecule has 2 aromatic rings. The Hall–Kier alpha value is -3.26. The standard InChI is InChI=1S/C25H27NO6S/c1-13-21(25(28)32-5)22(15-11-18(29-2)24(31-4)19(12-15)30-3)23-16(26-13)9-14(10-17(23)27)20-7-6-8-33-20/h6-8,11-12,14,22,26H,9-10H2,1-5H3. The SMILES string of the molecule is COC(=O)C1=C(C)NC2=C(C(=O)CC(c3cccs3)C2)C1c1cc(OC)c(OC)c(OC)c1. The topological polar surface area (TPSA) is 83.1 Å². The summed E-state index contributed by atoms with van der Waals surface area (Å²) in [6, 6.07) is 7.64. The first kappa shape index (κ1) is 22.9. The number of methoxy groups -OCH3 is 4. The van der Waals surface area contributed by atoms with Crippen LogP contribution in [0.1, 0.15) is 42.0 Å². The van der Waals surface area contributed by atoms with Crippen LogP contribution in [0.3, 0.4) is 0 Å². The molecule has 0 saturated carbocycles. The van der Waals surface area contributed by atoms with Gasteiger partial charge in [-0.05, 0) is 42.5 Å². The van der Waals surface area contributed by atoms with Crippen LogP contribution >= 0.6 is 11.3 Å². The number of rotatable bonds is 6. The lowest BCUT2D eigenvalue weighted by Gasteiger charge is -2.36. The lowest BCUT2D eigenvalue weighted by atomic mass is 9.72. The fourth-order valence-corrected chi connectivity index (χ4v) is 5.58. The van der Waals surface area contributed by atoms with E-state index in [1.807, 2.05) is 18.4 Å². The van der Waals surface area contributed by atoms with E-state index >= 15 is 0 Å². The molecule has 2 atom stereocenters. The van der Waals surface area contributed by atoms with Crippen LogP contribution in [-0.4, -0.2) is 40.2 Å². The summed E-state index contributed by atoms with van der Waals surface area (Å²) in [5, 5.41) is 5.37. The summed E-state index contributed by atoms with van der Waals surface area (Å²) < 4.78 is 21.6. The largest absolute Gasteiger partial charge is 0.493 e. The molecule has 33 heavy (non-hydrogen) atoms. The monoisotopic (exact) mass is 469 g/mol. The second-order valence-electron chi connectivity index (χ2n) is 7.98. The van der Waals surface area contributed by atoms with Gasteiger partial charge in [0.1, 0.15) is 0 Å². The molecule has 0 amide bonds. The van der Waals surface area contributed by atoms with Crippen molar-refractivity contribution in [2.75, 3.05) is 28.4 Å². The molecule has 0 fully saturated rings. The van der Waals surface area contributed by atoms with Crippen molar-refractivity contribution < 1.29 is 28.5 Å². The highest BCUT2D eigenvalue weighted by molar-refractivity contribution is 7.10. The summed E-state index contributed by atoms with van der Waals surface area (Å²) >= 11 is 1.66. The van der Waals surface area contributed by atoms with Gasteiger partial charge in [-0.3, -0.25) is 4.79 Å². The molecule has 1 N–H and O–H groups in total. The Morgan fingerprint density at radius 2 is 1.76 bits per heavy atom. The molecule has 4 rings (SSSR count). The molecule has 1 aromatic heterocycles. The fourth-order valence-electron chi connectivity index (χ4n) is 4.75. The highest BCUT2D eigenvalue weighted by Crippen LogP contribution is 2.49. The summed E-state index contributed by atoms with van der Waals surface area (Å²) in [7, 11) is 5.95. The van der Waals surface area contributed by atoms with Crippen LogP contribution in [0.25, 0.3) is 0 Å². The molecular formula is C25H27NO6S. The van der Waals surface area contributed by atoms with Gasteiger partial charge >= 0.3 is 5.97 Å². The first-order chi connectivity index (χ1) is 15.9. The van der Waals surface area contributed by atoms with Gasteiger partial charge in [0.15, 0.2) is 17.3 Å². The van der Waals surface area contributed by atoms with Gasteiger partial charge in [-0.25, -0.2) is 4.79 Å². The maximum Gasteiger partial charge on any atom is 0.336 e.